The van der Waals surface area contributed by atoms with Crippen LogP contribution in [-0.2, 0) is 10.0 Å². The molecule has 0 radical (unpaired) electrons. The van der Waals surface area contributed by atoms with Crippen molar-refractivity contribution in [3.8, 4) is 0 Å². The number of rotatable bonds is 6. The maximum Gasteiger partial charge on any atom is 0.211 e. The third-order valence-electron chi connectivity index (χ3n) is 2.59. The van der Waals surface area contributed by atoms with Gasteiger partial charge in [0.1, 0.15) is 0 Å². The molecule has 0 amide bonds. The lowest BCUT2D eigenvalue weighted by Gasteiger charge is -2.21. The second-order valence-corrected chi connectivity index (χ2v) is 6.25. The highest BCUT2D eigenvalue weighted by Crippen LogP contribution is 2.29. The van der Waals surface area contributed by atoms with Crippen LogP contribution in [0.5, 0.6) is 0 Å². The lowest BCUT2D eigenvalue weighted by molar-refractivity contribution is 0.0613. The number of aliphatic hydroxyl groups is 1. The molecule has 0 spiro atoms. The molecule has 14 heavy (non-hydrogen) atoms. The van der Waals surface area contributed by atoms with E-state index in [9.17, 15) is 13.5 Å². The van der Waals surface area contributed by atoms with Gasteiger partial charge in [-0.05, 0) is 32.1 Å². The average Bonchev–Trinajstić information content (AvgIpc) is 2.85. The molecule has 0 bridgehead atoms. The van der Waals surface area contributed by atoms with Gasteiger partial charge in [0.15, 0.2) is 0 Å². The fourth-order valence-electron chi connectivity index (χ4n) is 1.04. The van der Waals surface area contributed by atoms with E-state index in [2.05, 4.69) is 4.72 Å². The van der Waals surface area contributed by atoms with Gasteiger partial charge in [-0.1, -0.05) is 6.92 Å². The van der Waals surface area contributed by atoms with Crippen molar-refractivity contribution in [3.63, 3.8) is 0 Å². The van der Waals surface area contributed by atoms with Crippen molar-refractivity contribution in [2.75, 3.05) is 12.3 Å². The highest BCUT2D eigenvalue weighted by molar-refractivity contribution is 7.89. The summed E-state index contributed by atoms with van der Waals surface area (Å²) in [4.78, 5) is 0. The maximum atomic E-state index is 11.4. The minimum absolute atomic E-state index is 0.110. The normalized spacial score (nSPS) is 21.9. The zero-order valence-corrected chi connectivity index (χ0v) is 9.60. The maximum absolute atomic E-state index is 11.4. The van der Waals surface area contributed by atoms with Crippen LogP contribution in [0, 0.1) is 5.92 Å². The Hall–Kier alpha value is -0.130. The number of nitrogens with one attached hydrogen (secondary N) is 1. The summed E-state index contributed by atoms with van der Waals surface area (Å²) < 4.78 is 25.3. The van der Waals surface area contributed by atoms with E-state index in [0.717, 1.165) is 12.8 Å². The van der Waals surface area contributed by atoms with Gasteiger partial charge in [0, 0.05) is 6.54 Å². The Morgan fingerprint density at radius 3 is 2.50 bits per heavy atom. The molecule has 5 heteroatoms. The van der Waals surface area contributed by atoms with Gasteiger partial charge < -0.3 is 5.11 Å². The van der Waals surface area contributed by atoms with Crippen LogP contribution in [0.1, 0.15) is 33.1 Å². The van der Waals surface area contributed by atoms with E-state index < -0.39 is 15.6 Å². The van der Waals surface area contributed by atoms with Crippen LogP contribution < -0.4 is 4.72 Å². The van der Waals surface area contributed by atoms with E-state index >= 15 is 0 Å². The Balaban J connectivity index is 2.35. The molecule has 0 aromatic rings. The molecule has 1 unspecified atom stereocenters. The summed E-state index contributed by atoms with van der Waals surface area (Å²) in [5, 5.41) is 9.61. The standard InChI is InChI=1S/C9H19NO3S/c1-3-9(2,11)7-10-14(12,13)6-8-4-5-8/h8,10-11H,3-7H2,1-2H3. The molecule has 1 aliphatic rings. The van der Waals surface area contributed by atoms with Gasteiger partial charge in [-0.15, -0.1) is 0 Å². The lowest BCUT2D eigenvalue weighted by atomic mass is 10.1. The van der Waals surface area contributed by atoms with E-state index in [1.54, 1.807) is 6.92 Å². The molecule has 0 aromatic carbocycles. The SMILES string of the molecule is CCC(C)(O)CNS(=O)(=O)CC1CC1. The van der Waals surface area contributed by atoms with Crippen molar-refractivity contribution in [2.24, 2.45) is 5.92 Å². The van der Waals surface area contributed by atoms with Gasteiger partial charge in [-0.3, -0.25) is 0 Å². The molecule has 1 atom stereocenters. The molecule has 4 nitrogen and oxygen atoms in total. The van der Waals surface area contributed by atoms with Crippen LogP contribution in [0.2, 0.25) is 0 Å². The molecule has 2 N–H and O–H groups in total. The first-order chi connectivity index (χ1) is 6.35. The van der Waals surface area contributed by atoms with Crippen molar-refractivity contribution in [1.29, 1.82) is 0 Å². The van der Waals surface area contributed by atoms with Gasteiger partial charge in [0.2, 0.25) is 10.0 Å². The lowest BCUT2D eigenvalue weighted by Crippen LogP contribution is -2.41. The molecular weight excluding hydrogens is 202 g/mol. The zero-order valence-electron chi connectivity index (χ0n) is 8.78. The number of sulfonamides is 1. The molecule has 0 aliphatic heterocycles. The predicted molar refractivity (Wildman–Crippen MR) is 55.4 cm³/mol. The van der Waals surface area contributed by atoms with Crippen LogP contribution in [0.4, 0.5) is 0 Å². The molecule has 1 rings (SSSR count). The van der Waals surface area contributed by atoms with Gasteiger partial charge in [-0.2, -0.15) is 0 Å². The molecule has 1 aliphatic carbocycles. The number of hydrogen-bond acceptors (Lipinski definition) is 3. The highest BCUT2D eigenvalue weighted by atomic mass is 32.2. The van der Waals surface area contributed by atoms with Crippen LogP contribution in [0.25, 0.3) is 0 Å². The molecule has 0 aromatic heterocycles. The van der Waals surface area contributed by atoms with E-state index in [-0.39, 0.29) is 12.3 Å². The minimum atomic E-state index is -3.17. The Morgan fingerprint density at radius 2 is 2.07 bits per heavy atom. The fraction of sp³-hybridized carbons (Fsp3) is 1.00. The third kappa shape index (κ3) is 4.39. The van der Waals surface area contributed by atoms with E-state index in [0.29, 0.717) is 12.3 Å². The summed E-state index contributed by atoms with van der Waals surface area (Å²) in [5.74, 6) is 0.561. The van der Waals surface area contributed by atoms with Crippen molar-refractivity contribution in [2.45, 2.75) is 38.7 Å². The minimum Gasteiger partial charge on any atom is -0.389 e. The zero-order chi connectivity index (χ0) is 10.8. The van der Waals surface area contributed by atoms with Gasteiger partial charge >= 0.3 is 0 Å². The summed E-state index contributed by atoms with van der Waals surface area (Å²) in [6, 6.07) is 0. The number of hydrogen-bond donors (Lipinski definition) is 2. The summed E-state index contributed by atoms with van der Waals surface area (Å²) in [6.45, 7) is 3.57. The molecular formula is C9H19NO3S. The largest absolute Gasteiger partial charge is 0.389 e. The Morgan fingerprint density at radius 1 is 1.50 bits per heavy atom. The van der Waals surface area contributed by atoms with Crippen LogP contribution >= 0.6 is 0 Å². The Kier molecular flexibility index (Phi) is 3.55. The summed E-state index contributed by atoms with van der Waals surface area (Å²) in [7, 11) is -3.17. The quantitative estimate of drug-likeness (QED) is 0.685. The molecule has 84 valence electrons. The smallest absolute Gasteiger partial charge is 0.211 e. The van der Waals surface area contributed by atoms with Crippen LogP contribution in [0.3, 0.4) is 0 Å². The van der Waals surface area contributed by atoms with Gasteiger partial charge in [-0.25, -0.2) is 13.1 Å². The monoisotopic (exact) mass is 221 g/mol. The van der Waals surface area contributed by atoms with E-state index in [1.807, 2.05) is 6.92 Å². The van der Waals surface area contributed by atoms with Crippen molar-refractivity contribution < 1.29 is 13.5 Å². The van der Waals surface area contributed by atoms with E-state index in [1.165, 1.54) is 0 Å². The summed E-state index contributed by atoms with van der Waals surface area (Å²) >= 11 is 0. The van der Waals surface area contributed by atoms with Gasteiger partial charge in [0.25, 0.3) is 0 Å². The Labute approximate surface area is 85.8 Å². The Bertz CT molecular complexity index is 280. The molecule has 0 saturated heterocycles. The van der Waals surface area contributed by atoms with Crippen molar-refractivity contribution in [3.05, 3.63) is 0 Å². The van der Waals surface area contributed by atoms with Gasteiger partial charge in [0.05, 0.1) is 11.4 Å². The first kappa shape index (κ1) is 11.9. The average molecular weight is 221 g/mol. The van der Waals surface area contributed by atoms with Crippen LogP contribution in [0.15, 0.2) is 0 Å². The first-order valence-corrected chi connectivity index (χ1v) is 6.69. The van der Waals surface area contributed by atoms with Crippen molar-refractivity contribution >= 4 is 10.0 Å². The van der Waals surface area contributed by atoms with E-state index in [4.69, 9.17) is 0 Å². The van der Waals surface area contributed by atoms with Crippen LogP contribution in [-0.4, -0.2) is 31.4 Å². The third-order valence-corrected chi connectivity index (χ3v) is 4.08. The summed E-state index contributed by atoms with van der Waals surface area (Å²) in [5.41, 5.74) is -0.934. The highest BCUT2D eigenvalue weighted by Gasteiger charge is 2.29. The van der Waals surface area contributed by atoms with Crippen molar-refractivity contribution in [1.82, 2.24) is 4.72 Å². The fourth-order valence-corrected chi connectivity index (χ4v) is 2.65. The second kappa shape index (κ2) is 4.16. The first-order valence-electron chi connectivity index (χ1n) is 5.04. The molecule has 1 saturated carbocycles. The second-order valence-electron chi connectivity index (χ2n) is 4.40. The molecule has 0 heterocycles. The molecule has 1 fully saturated rings. The topological polar surface area (TPSA) is 66.4 Å². The predicted octanol–water partition coefficient (Wildman–Crippen LogP) is 0.477. The summed E-state index contributed by atoms with van der Waals surface area (Å²) in [6.07, 6.45) is 2.58.